The van der Waals surface area contributed by atoms with Crippen molar-refractivity contribution in [1.29, 1.82) is 0 Å². The largest absolute Gasteiger partial charge is 0.369 e. The SMILES string of the molecule is c1ccc2c(N3C[C@@H]4CN[C@@H]4C3)cc(-c3ccc(N4CCNCC4)nc3)nc2c1. The Bertz CT molecular complexity index is 1020. The molecule has 2 atom stereocenters. The van der Waals surface area contributed by atoms with E-state index >= 15 is 0 Å². The molecule has 0 amide bonds. The first kappa shape index (κ1) is 17.2. The molecule has 3 aromatic rings. The number of para-hydroxylation sites is 1. The number of nitrogens with zero attached hydrogens (tertiary/aromatic N) is 4. The number of benzene rings is 1. The first-order chi connectivity index (χ1) is 14.3. The molecule has 0 aliphatic carbocycles. The summed E-state index contributed by atoms with van der Waals surface area (Å²) in [7, 11) is 0. The number of fused-ring (bicyclic) bond motifs is 2. The highest BCUT2D eigenvalue weighted by atomic mass is 15.2. The molecule has 6 nitrogen and oxygen atoms in total. The van der Waals surface area contributed by atoms with Gasteiger partial charge in [-0.05, 0) is 24.3 Å². The number of aromatic nitrogens is 2. The molecular weight excluding hydrogens is 360 g/mol. The second-order valence-electron chi connectivity index (χ2n) is 8.37. The van der Waals surface area contributed by atoms with Gasteiger partial charge in [-0.25, -0.2) is 9.97 Å². The summed E-state index contributed by atoms with van der Waals surface area (Å²) in [6.45, 7) is 7.42. The molecule has 29 heavy (non-hydrogen) atoms. The van der Waals surface area contributed by atoms with Gasteiger partial charge in [0.1, 0.15) is 5.82 Å². The van der Waals surface area contributed by atoms with Crippen LogP contribution in [0, 0.1) is 5.92 Å². The van der Waals surface area contributed by atoms with Crippen molar-refractivity contribution in [2.45, 2.75) is 6.04 Å². The third kappa shape index (κ3) is 3.03. The molecule has 0 bridgehead atoms. The van der Waals surface area contributed by atoms with Gasteiger partial charge in [-0.15, -0.1) is 0 Å². The van der Waals surface area contributed by atoms with Gasteiger partial charge in [-0.2, -0.15) is 0 Å². The summed E-state index contributed by atoms with van der Waals surface area (Å²) in [6, 6.07) is 15.7. The fourth-order valence-corrected chi connectivity index (χ4v) is 4.83. The van der Waals surface area contributed by atoms with E-state index in [4.69, 9.17) is 9.97 Å². The minimum atomic E-state index is 0.644. The molecule has 0 saturated carbocycles. The molecule has 6 rings (SSSR count). The van der Waals surface area contributed by atoms with E-state index in [1.54, 1.807) is 0 Å². The Morgan fingerprint density at radius 3 is 2.59 bits per heavy atom. The molecule has 3 aliphatic rings. The van der Waals surface area contributed by atoms with Gasteiger partial charge in [0.15, 0.2) is 0 Å². The predicted molar refractivity (Wildman–Crippen MR) is 118 cm³/mol. The van der Waals surface area contributed by atoms with Crippen molar-refractivity contribution >= 4 is 22.4 Å². The van der Waals surface area contributed by atoms with E-state index in [1.165, 1.54) is 11.1 Å². The molecule has 1 aromatic carbocycles. The Morgan fingerprint density at radius 2 is 1.86 bits per heavy atom. The van der Waals surface area contributed by atoms with Crippen molar-refractivity contribution in [1.82, 2.24) is 20.6 Å². The molecule has 2 N–H and O–H groups in total. The molecule has 0 radical (unpaired) electrons. The first-order valence-electron chi connectivity index (χ1n) is 10.7. The lowest BCUT2D eigenvalue weighted by Gasteiger charge is -2.29. The zero-order valence-electron chi connectivity index (χ0n) is 16.5. The predicted octanol–water partition coefficient (Wildman–Crippen LogP) is 2.11. The highest BCUT2D eigenvalue weighted by Gasteiger charge is 2.39. The number of hydrogen-bond donors (Lipinski definition) is 2. The van der Waals surface area contributed by atoms with E-state index in [1.807, 2.05) is 6.20 Å². The third-order valence-corrected chi connectivity index (χ3v) is 6.60. The molecule has 6 heteroatoms. The summed E-state index contributed by atoms with van der Waals surface area (Å²) in [5, 5.41) is 8.20. The second-order valence-corrected chi connectivity index (χ2v) is 8.37. The summed E-state index contributed by atoms with van der Waals surface area (Å²) in [4.78, 5) is 14.6. The van der Waals surface area contributed by atoms with Crippen LogP contribution < -0.4 is 20.4 Å². The van der Waals surface area contributed by atoms with Gasteiger partial charge < -0.3 is 20.4 Å². The van der Waals surface area contributed by atoms with Crippen molar-refractivity contribution in [3.05, 3.63) is 48.7 Å². The van der Waals surface area contributed by atoms with Gasteiger partial charge in [-0.3, -0.25) is 0 Å². The standard InChI is InChI=1S/C23H26N6/c1-2-4-19-18(3-1)22(29-14-17-13-25-21(17)15-29)11-20(27-19)16-5-6-23(26-12-16)28-9-7-24-8-10-28/h1-6,11-12,17,21,24-25H,7-10,13-15H2/t17-,21+/m0/s1. The Hall–Kier alpha value is -2.70. The molecule has 3 aliphatic heterocycles. The van der Waals surface area contributed by atoms with Gasteiger partial charge in [0, 0.05) is 80.6 Å². The van der Waals surface area contributed by atoms with Crippen LogP contribution in [0.5, 0.6) is 0 Å². The second kappa shape index (κ2) is 6.97. The van der Waals surface area contributed by atoms with Crippen LogP contribution in [0.1, 0.15) is 0 Å². The molecular formula is C23H26N6. The van der Waals surface area contributed by atoms with E-state index in [-0.39, 0.29) is 0 Å². The summed E-state index contributed by atoms with van der Waals surface area (Å²) in [5.74, 6) is 1.84. The van der Waals surface area contributed by atoms with Crippen molar-refractivity contribution in [3.63, 3.8) is 0 Å². The first-order valence-corrected chi connectivity index (χ1v) is 10.7. The van der Waals surface area contributed by atoms with Crippen LogP contribution >= 0.6 is 0 Å². The monoisotopic (exact) mass is 386 g/mol. The maximum Gasteiger partial charge on any atom is 0.128 e. The Labute approximate surface area is 170 Å². The third-order valence-electron chi connectivity index (χ3n) is 6.60. The van der Waals surface area contributed by atoms with Gasteiger partial charge in [0.25, 0.3) is 0 Å². The molecule has 148 valence electrons. The minimum Gasteiger partial charge on any atom is -0.369 e. The van der Waals surface area contributed by atoms with Crippen LogP contribution in [0.3, 0.4) is 0 Å². The quantitative estimate of drug-likeness (QED) is 0.719. The maximum absolute atomic E-state index is 4.97. The van der Waals surface area contributed by atoms with Crippen molar-refractivity contribution < 1.29 is 0 Å². The van der Waals surface area contributed by atoms with E-state index in [0.717, 1.165) is 74.3 Å². The van der Waals surface area contributed by atoms with Crippen molar-refractivity contribution in [3.8, 4) is 11.3 Å². The molecule has 3 fully saturated rings. The van der Waals surface area contributed by atoms with Crippen LogP contribution in [-0.4, -0.2) is 61.8 Å². The molecule has 5 heterocycles. The van der Waals surface area contributed by atoms with Gasteiger partial charge >= 0.3 is 0 Å². The van der Waals surface area contributed by atoms with Crippen LogP contribution in [0.4, 0.5) is 11.5 Å². The summed E-state index contributed by atoms with van der Waals surface area (Å²) < 4.78 is 0. The maximum atomic E-state index is 4.97. The smallest absolute Gasteiger partial charge is 0.128 e. The number of anilines is 2. The molecule has 0 unspecified atom stereocenters. The van der Waals surface area contributed by atoms with E-state index in [2.05, 4.69) is 62.9 Å². The summed E-state index contributed by atoms with van der Waals surface area (Å²) >= 11 is 0. The van der Waals surface area contributed by atoms with Gasteiger partial charge in [0.05, 0.1) is 11.2 Å². The van der Waals surface area contributed by atoms with Gasteiger partial charge in [-0.1, -0.05) is 18.2 Å². The molecule has 3 saturated heterocycles. The van der Waals surface area contributed by atoms with Crippen LogP contribution in [0.25, 0.3) is 22.2 Å². The lowest BCUT2D eigenvalue weighted by molar-refractivity contribution is 0.297. The van der Waals surface area contributed by atoms with E-state index < -0.39 is 0 Å². The lowest BCUT2D eigenvalue weighted by atomic mass is 9.96. The fraction of sp³-hybridized carbons (Fsp3) is 0.391. The highest BCUT2D eigenvalue weighted by molar-refractivity contribution is 5.94. The Kier molecular flexibility index (Phi) is 4.13. The highest BCUT2D eigenvalue weighted by Crippen LogP contribution is 2.35. The van der Waals surface area contributed by atoms with Crippen LogP contribution in [0.2, 0.25) is 0 Å². The number of pyridine rings is 2. The Morgan fingerprint density at radius 1 is 0.966 bits per heavy atom. The zero-order valence-corrected chi connectivity index (χ0v) is 16.5. The summed E-state index contributed by atoms with van der Waals surface area (Å²) in [6.07, 6.45) is 1.98. The Balaban J connectivity index is 1.37. The van der Waals surface area contributed by atoms with E-state index in [0.29, 0.717) is 6.04 Å². The number of rotatable bonds is 3. The molecule has 0 spiro atoms. The fourth-order valence-electron chi connectivity index (χ4n) is 4.83. The number of hydrogen-bond acceptors (Lipinski definition) is 6. The zero-order chi connectivity index (χ0) is 19.2. The average Bonchev–Trinajstić information content (AvgIpc) is 3.07. The van der Waals surface area contributed by atoms with Crippen LogP contribution in [-0.2, 0) is 0 Å². The van der Waals surface area contributed by atoms with E-state index in [9.17, 15) is 0 Å². The molecule has 2 aromatic heterocycles. The minimum absolute atomic E-state index is 0.644. The topological polar surface area (TPSA) is 56.3 Å². The normalized spacial score (nSPS) is 23.9. The lowest BCUT2D eigenvalue weighted by Crippen LogP contribution is -2.51. The van der Waals surface area contributed by atoms with Crippen molar-refractivity contribution in [2.75, 3.05) is 55.6 Å². The average molecular weight is 387 g/mol. The van der Waals surface area contributed by atoms with Gasteiger partial charge in [0.2, 0.25) is 0 Å². The number of nitrogens with one attached hydrogen (secondary N) is 2. The summed E-state index contributed by atoms with van der Waals surface area (Å²) in [5.41, 5.74) is 4.44. The van der Waals surface area contributed by atoms with Crippen molar-refractivity contribution in [2.24, 2.45) is 5.92 Å². The van der Waals surface area contributed by atoms with Crippen LogP contribution in [0.15, 0.2) is 48.7 Å². The number of piperazine rings is 1.